The molecule has 0 amide bonds. The van der Waals surface area contributed by atoms with Gasteiger partial charge in [0.15, 0.2) is 0 Å². The normalized spacial score (nSPS) is 12.0. The smallest absolute Gasteiger partial charge is 0.318 e. The van der Waals surface area contributed by atoms with E-state index in [-0.39, 0.29) is 5.97 Å². The van der Waals surface area contributed by atoms with Crippen molar-refractivity contribution in [2.24, 2.45) is 0 Å². The zero-order chi connectivity index (χ0) is 17.6. The Balaban J connectivity index is 1.89. The summed E-state index contributed by atoms with van der Waals surface area (Å²) in [4.78, 5) is 13.0. The Morgan fingerprint density at radius 3 is 1.80 bits per heavy atom. The van der Waals surface area contributed by atoms with Crippen LogP contribution in [-0.4, -0.2) is 5.97 Å². The van der Waals surface area contributed by atoms with Crippen molar-refractivity contribution < 1.29 is 9.53 Å². The molecule has 0 N–H and O–H groups in total. The third-order valence-electron chi connectivity index (χ3n) is 4.14. The lowest BCUT2D eigenvalue weighted by atomic mass is 9.91. The van der Waals surface area contributed by atoms with E-state index in [1.165, 1.54) is 0 Å². The van der Waals surface area contributed by atoms with Crippen LogP contribution in [0.5, 0.6) is 0 Å². The van der Waals surface area contributed by atoms with Gasteiger partial charge in [0.05, 0.1) is 0 Å². The summed E-state index contributed by atoms with van der Waals surface area (Å²) >= 11 is 6.22. The number of carbonyl (C=O) groups excluding carboxylic acids is 1. The number of carbonyl (C=O) groups is 1. The molecule has 0 unspecified atom stereocenters. The van der Waals surface area contributed by atoms with Crippen LogP contribution in [0, 0.1) is 0 Å². The molecule has 126 valence electrons. The molecule has 1 atom stereocenters. The van der Waals surface area contributed by atoms with E-state index >= 15 is 0 Å². The molecule has 0 spiro atoms. The maximum Gasteiger partial charge on any atom is 0.318 e. The van der Waals surface area contributed by atoms with E-state index in [1.807, 2.05) is 85.8 Å². The van der Waals surface area contributed by atoms with E-state index in [9.17, 15) is 4.79 Å². The average molecular weight is 351 g/mol. The summed E-state index contributed by atoms with van der Waals surface area (Å²) in [6.45, 7) is 1.84. The van der Waals surface area contributed by atoms with Crippen molar-refractivity contribution in [1.29, 1.82) is 0 Å². The molecule has 3 aromatic carbocycles. The summed E-state index contributed by atoms with van der Waals surface area (Å²) in [5.74, 6) is -0.753. The summed E-state index contributed by atoms with van der Waals surface area (Å²) in [6.07, 6.45) is -0.420. The van der Waals surface area contributed by atoms with Crippen molar-refractivity contribution in [3.05, 3.63) is 107 Å². The number of hydrogen-bond acceptors (Lipinski definition) is 2. The summed E-state index contributed by atoms with van der Waals surface area (Å²) in [6, 6.07) is 26.8. The predicted molar refractivity (Wildman–Crippen MR) is 101 cm³/mol. The fourth-order valence-electron chi connectivity index (χ4n) is 2.87. The lowest BCUT2D eigenvalue weighted by Gasteiger charge is -2.21. The summed E-state index contributed by atoms with van der Waals surface area (Å²) < 4.78 is 5.76. The molecule has 0 aliphatic carbocycles. The van der Waals surface area contributed by atoms with Crippen LogP contribution in [0.15, 0.2) is 84.9 Å². The number of benzene rings is 3. The molecule has 0 saturated carbocycles. The Labute approximate surface area is 153 Å². The van der Waals surface area contributed by atoms with Crippen LogP contribution in [-0.2, 0) is 9.53 Å². The Bertz CT molecular complexity index is 791. The average Bonchev–Trinajstić information content (AvgIpc) is 2.64. The van der Waals surface area contributed by atoms with Gasteiger partial charge in [-0.15, -0.1) is 0 Å². The van der Waals surface area contributed by atoms with Gasteiger partial charge in [0.25, 0.3) is 0 Å². The first kappa shape index (κ1) is 17.2. The van der Waals surface area contributed by atoms with Crippen LogP contribution < -0.4 is 0 Å². The van der Waals surface area contributed by atoms with Gasteiger partial charge in [-0.05, 0) is 24.1 Å². The van der Waals surface area contributed by atoms with Gasteiger partial charge in [-0.3, -0.25) is 4.79 Å². The van der Waals surface area contributed by atoms with Gasteiger partial charge < -0.3 is 4.74 Å². The Hall–Kier alpha value is -2.58. The Morgan fingerprint density at radius 2 is 1.28 bits per heavy atom. The first-order valence-corrected chi connectivity index (χ1v) is 8.59. The van der Waals surface area contributed by atoms with Crippen LogP contribution in [0.3, 0.4) is 0 Å². The molecular formula is C22H19ClO2. The van der Waals surface area contributed by atoms with Crippen LogP contribution in [0.2, 0.25) is 5.02 Å². The highest BCUT2D eigenvalue weighted by Gasteiger charge is 2.26. The van der Waals surface area contributed by atoms with Crippen molar-refractivity contribution in [2.45, 2.75) is 18.9 Å². The highest BCUT2D eigenvalue weighted by Crippen LogP contribution is 2.30. The van der Waals surface area contributed by atoms with Crippen LogP contribution in [0.1, 0.15) is 35.6 Å². The molecule has 0 aliphatic rings. The van der Waals surface area contributed by atoms with Gasteiger partial charge >= 0.3 is 5.97 Å². The molecule has 0 bridgehead atoms. The third kappa shape index (κ3) is 4.09. The predicted octanol–water partition coefficient (Wildman–Crippen LogP) is 5.78. The van der Waals surface area contributed by atoms with E-state index in [4.69, 9.17) is 16.3 Å². The van der Waals surface area contributed by atoms with Gasteiger partial charge in [0.1, 0.15) is 12.0 Å². The van der Waals surface area contributed by atoms with Gasteiger partial charge in [0.2, 0.25) is 0 Å². The lowest BCUT2D eigenvalue weighted by molar-refractivity contribution is -0.149. The topological polar surface area (TPSA) is 26.3 Å². The van der Waals surface area contributed by atoms with Crippen molar-refractivity contribution in [1.82, 2.24) is 0 Å². The van der Waals surface area contributed by atoms with Crippen LogP contribution >= 0.6 is 11.6 Å². The second-order valence-corrected chi connectivity index (χ2v) is 6.26. The minimum absolute atomic E-state index is 0.287. The first-order chi connectivity index (χ1) is 12.2. The summed E-state index contributed by atoms with van der Waals surface area (Å²) in [7, 11) is 0. The Morgan fingerprint density at radius 1 is 0.800 bits per heavy atom. The maximum atomic E-state index is 13.0. The molecule has 0 radical (unpaired) electrons. The zero-order valence-electron chi connectivity index (χ0n) is 13.9. The Kier molecular flexibility index (Phi) is 5.52. The SMILES string of the molecule is C[C@@H](OC(=O)C(c1ccccc1)c1ccccc1)c1ccccc1Cl. The largest absolute Gasteiger partial charge is 0.457 e. The molecule has 3 aromatic rings. The highest BCUT2D eigenvalue weighted by atomic mass is 35.5. The molecule has 0 aliphatic heterocycles. The van der Waals surface area contributed by atoms with Gasteiger partial charge in [-0.2, -0.15) is 0 Å². The quantitative estimate of drug-likeness (QED) is 0.545. The standard InChI is InChI=1S/C22H19ClO2/c1-16(19-14-8-9-15-20(19)23)25-22(24)21(17-10-4-2-5-11-17)18-12-6-3-7-13-18/h2-16,21H,1H3/t16-/m1/s1. The summed E-state index contributed by atoms with van der Waals surface area (Å²) in [5, 5.41) is 0.596. The van der Waals surface area contributed by atoms with E-state index in [2.05, 4.69) is 0 Å². The number of hydrogen-bond donors (Lipinski definition) is 0. The van der Waals surface area contributed by atoms with Gasteiger partial charge in [0, 0.05) is 10.6 Å². The second-order valence-electron chi connectivity index (χ2n) is 5.86. The fraction of sp³-hybridized carbons (Fsp3) is 0.136. The van der Waals surface area contributed by atoms with Crippen LogP contribution in [0.25, 0.3) is 0 Å². The summed E-state index contributed by atoms with van der Waals surface area (Å²) in [5.41, 5.74) is 2.62. The monoisotopic (exact) mass is 350 g/mol. The van der Waals surface area contributed by atoms with E-state index < -0.39 is 12.0 Å². The fourth-order valence-corrected chi connectivity index (χ4v) is 3.16. The minimum atomic E-state index is -0.465. The molecule has 0 aromatic heterocycles. The van der Waals surface area contributed by atoms with E-state index in [1.54, 1.807) is 6.07 Å². The number of rotatable bonds is 5. The van der Waals surface area contributed by atoms with Crippen molar-refractivity contribution in [2.75, 3.05) is 0 Å². The van der Waals surface area contributed by atoms with E-state index in [0.29, 0.717) is 5.02 Å². The van der Waals surface area contributed by atoms with Crippen molar-refractivity contribution in [3.8, 4) is 0 Å². The van der Waals surface area contributed by atoms with Gasteiger partial charge in [-0.25, -0.2) is 0 Å². The number of ether oxygens (including phenoxy) is 1. The second kappa shape index (κ2) is 8.00. The molecule has 0 heterocycles. The van der Waals surface area contributed by atoms with Gasteiger partial charge in [-0.1, -0.05) is 90.5 Å². The number of halogens is 1. The molecule has 3 rings (SSSR count). The van der Waals surface area contributed by atoms with E-state index in [0.717, 1.165) is 16.7 Å². The van der Waals surface area contributed by atoms with Crippen molar-refractivity contribution in [3.63, 3.8) is 0 Å². The molecule has 2 nitrogen and oxygen atoms in total. The van der Waals surface area contributed by atoms with Crippen LogP contribution in [0.4, 0.5) is 0 Å². The lowest BCUT2D eigenvalue weighted by Crippen LogP contribution is -2.19. The minimum Gasteiger partial charge on any atom is -0.457 e. The molecular weight excluding hydrogens is 332 g/mol. The molecule has 25 heavy (non-hydrogen) atoms. The first-order valence-electron chi connectivity index (χ1n) is 8.21. The molecule has 0 fully saturated rings. The number of esters is 1. The third-order valence-corrected chi connectivity index (χ3v) is 4.48. The maximum absolute atomic E-state index is 13.0. The molecule has 3 heteroatoms. The highest BCUT2D eigenvalue weighted by molar-refractivity contribution is 6.31. The molecule has 0 saturated heterocycles. The zero-order valence-corrected chi connectivity index (χ0v) is 14.7. The van der Waals surface area contributed by atoms with Crippen molar-refractivity contribution >= 4 is 17.6 Å².